The van der Waals surface area contributed by atoms with Crippen LogP contribution >= 0.6 is 0 Å². The van der Waals surface area contributed by atoms with E-state index in [0.717, 1.165) is 0 Å². The van der Waals surface area contributed by atoms with Crippen LogP contribution in [0.2, 0.25) is 0 Å². The Morgan fingerprint density at radius 3 is 2.95 bits per heavy atom. The Bertz CT molecular complexity index is 665. The van der Waals surface area contributed by atoms with Crippen molar-refractivity contribution in [3.8, 4) is 0 Å². The van der Waals surface area contributed by atoms with Crippen LogP contribution in [0.3, 0.4) is 0 Å². The van der Waals surface area contributed by atoms with Crippen molar-refractivity contribution in [3.63, 3.8) is 0 Å². The Morgan fingerprint density at radius 1 is 1.52 bits per heavy atom. The lowest BCUT2D eigenvalue weighted by atomic mass is 10.1. The SMILES string of the molecule is CO[C@@H]1[C@H](O)[C@@H](CO)O[C@H]1n1cnc2c(N)nc(F)nc21. The van der Waals surface area contributed by atoms with Gasteiger partial charge in [0.25, 0.3) is 0 Å². The summed E-state index contributed by atoms with van der Waals surface area (Å²) in [5.74, 6) is -0.0949. The molecule has 4 atom stereocenters. The highest BCUT2D eigenvalue weighted by Gasteiger charge is 2.45. The number of methoxy groups -OCH3 is 1. The number of nitrogens with zero attached hydrogens (tertiary/aromatic N) is 4. The van der Waals surface area contributed by atoms with Gasteiger partial charge in [-0.25, -0.2) is 4.98 Å². The zero-order chi connectivity index (χ0) is 15.1. The first kappa shape index (κ1) is 14.1. The van der Waals surface area contributed by atoms with E-state index in [9.17, 15) is 14.6 Å². The van der Waals surface area contributed by atoms with E-state index in [0.29, 0.717) is 0 Å². The Balaban J connectivity index is 2.08. The number of nitrogen functional groups attached to an aromatic ring is 1. The number of fused-ring (bicyclic) bond motifs is 1. The fourth-order valence-electron chi connectivity index (χ4n) is 2.44. The molecular formula is C11H14FN5O4. The van der Waals surface area contributed by atoms with E-state index in [-0.39, 0.29) is 23.6 Å². The smallest absolute Gasteiger partial charge is 0.312 e. The number of imidazole rings is 1. The molecule has 2 aromatic heterocycles. The molecule has 0 bridgehead atoms. The van der Waals surface area contributed by atoms with Crippen molar-refractivity contribution in [2.45, 2.75) is 24.5 Å². The van der Waals surface area contributed by atoms with Gasteiger partial charge in [-0.1, -0.05) is 0 Å². The van der Waals surface area contributed by atoms with Gasteiger partial charge in [-0.3, -0.25) is 4.57 Å². The predicted molar refractivity (Wildman–Crippen MR) is 67.5 cm³/mol. The topological polar surface area (TPSA) is 129 Å². The van der Waals surface area contributed by atoms with Crippen LogP contribution in [0.25, 0.3) is 11.2 Å². The lowest BCUT2D eigenvalue weighted by molar-refractivity contribution is -0.0583. The van der Waals surface area contributed by atoms with Gasteiger partial charge in [-0.05, 0) is 0 Å². The Kier molecular flexibility index (Phi) is 3.45. The summed E-state index contributed by atoms with van der Waals surface area (Å²) in [5.41, 5.74) is 5.93. The molecule has 0 unspecified atom stereocenters. The second-order valence-corrected chi connectivity index (χ2v) is 4.64. The third-order valence-corrected chi connectivity index (χ3v) is 3.46. The van der Waals surface area contributed by atoms with Gasteiger partial charge < -0.3 is 25.4 Å². The molecule has 21 heavy (non-hydrogen) atoms. The summed E-state index contributed by atoms with van der Waals surface area (Å²) in [7, 11) is 1.40. The molecule has 0 spiro atoms. The van der Waals surface area contributed by atoms with E-state index >= 15 is 0 Å². The molecule has 1 fully saturated rings. The molecule has 0 radical (unpaired) electrons. The molecule has 0 amide bonds. The molecule has 3 rings (SSSR count). The van der Waals surface area contributed by atoms with Gasteiger partial charge in [-0.2, -0.15) is 14.4 Å². The molecule has 0 aliphatic carbocycles. The maximum atomic E-state index is 13.3. The first-order valence-electron chi connectivity index (χ1n) is 6.19. The highest BCUT2D eigenvalue weighted by Crippen LogP contribution is 2.33. The van der Waals surface area contributed by atoms with Gasteiger partial charge >= 0.3 is 6.08 Å². The summed E-state index contributed by atoms with van der Waals surface area (Å²) >= 11 is 0. The van der Waals surface area contributed by atoms with E-state index in [1.807, 2.05) is 0 Å². The number of aliphatic hydroxyl groups is 2. The third kappa shape index (κ3) is 2.12. The zero-order valence-corrected chi connectivity index (χ0v) is 11.0. The summed E-state index contributed by atoms with van der Waals surface area (Å²) in [6, 6.07) is 0. The van der Waals surface area contributed by atoms with Crippen LogP contribution in [0.4, 0.5) is 10.2 Å². The van der Waals surface area contributed by atoms with Crippen LogP contribution in [-0.4, -0.2) is 61.8 Å². The number of anilines is 1. The minimum absolute atomic E-state index is 0.0949. The number of aliphatic hydroxyl groups excluding tert-OH is 2. The maximum Gasteiger partial charge on any atom is 0.312 e. The summed E-state index contributed by atoms with van der Waals surface area (Å²) in [4.78, 5) is 11.1. The zero-order valence-electron chi connectivity index (χ0n) is 11.0. The molecule has 3 heterocycles. The van der Waals surface area contributed by atoms with Gasteiger partial charge in [0.2, 0.25) is 0 Å². The summed E-state index contributed by atoms with van der Waals surface area (Å²) < 4.78 is 25.5. The minimum atomic E-state index is -1.04. The molecule has 0 saturated carbocycles. The molecule has 9 nitrogen and oxygen atoms in total. The van der Waals surface area contributed by atoms with Gasteiger partial charge in [0.1, 0.15) is 18.3 Å². The maximum absolute atomic E-state index is 13.3. The largest absolute Gasteiger partial charge is 0.394 e. The molecule has 1 saturated heterocycles. The summed E-state index contributed by atoms with van der Waals surface area (Å²) in [6.07, 6.45) is -3.08. The van der Waals surface area contributed by atoms with Crippen molar-refractivity contribution in [1.82, 2.24) is 19.5 Å². The van der Waals surface area contributed by atoms with Crippen molar-refractivity contribution in [2.75, 3.05) is 19.5 Å². The molecule has 1 aliphatic rings. The second kappa shape index (κ2) is 5.15. The van der Waals surface area contributed by atoms with Crippen LogP contribution in [0.5, 0.6) is 0 Å². The molecule has 0 aromatic carbocycles. The second-order valence-electron chi connectivity index (χ2n) is 4.64. The monoisotopic (exact) mass is 299 g/mol. The molecule has 10 heteroatoms. The van der Waals surface area contributed by atoms with E-state index < -0.39 is 30.6 Å². The first-order chi connectivity index (χ1) is 10.1. The van der Waals surface area contributed by atoms with E-state index in [1.165, 1.54) is 18.0 Å². The average molecular weight is 299 g/mol. The van der Waals surface area contributed by atoms with Gasteiger partial charge in [0.15, 0.2) is 23.2 Å². The van der Waals surface area contributed by atoms with E-state index in [4.69, 9.17) is 15.2 Å². The standard InChI is InChI=1S/C11H14FN5O4/c1-20-7-6(19)4(2-18)21-10(7)17-3-14-5-8(13)15-11(12)16-9(5)17/h3-4,6-7,10,18-19H,2H2,1H3,(H2,13,15,16)/t4-,6-,7-,10-/m1/s1. The van der Waals surface area contributed by atoms with E-state index in [1.54, 1.807) is 0 Å². The number of rotatable bonds is 3. The van der Waals surface area contributed by atoms with E-state index in [2.05, 4.69) is 15.0 Å². The number of aromatic nitrogens is 4. The Morgan fingerprint density at radius 2 is 2.29 bits per heavy atom. The van der Waals surface area contributed by atoms with Crippen molar-refractivity contribution in [2.24, 2.45) is 0 Å². The highest BCUT2D eigenvalue weighted by molar-refractivity contribution is 5.81. The fourth-order valence-corrected chi connectivity index (χ4v) is 2.44. The quantitative estimate of drug-likeness (QED) is 0.604. The summed E-state index contributed by atoms with van der Waals surface area (Å²) in [6.45, 7) is -0.379. The van der Waals surface area contributed by atoms with Gasteiger partial charge in [0.05, 0.1) is 12.9 Å². The molecule has 4 N–H and O–H groups in total. The molecule has 2 aromatic rings. The van der Waals surface area contributed by atoms with Gasteiger partial charge in [-0.15, -0.1) is 0 Å². The number of halogens is 1. The van der Waals surface area contributed by atoms with Crippen molar-refractivity contribution >= 4 is 17.0 Å². The fraction of sp³-hybridized carbons (Fsp3) is 0.545. The van der Waals surface area contributed by atoms with Crippen LogP contribution < -0.4 is 5.73 Å². The lowest BCUT2D eigenvalue weighted by Crippen LogP contribution is -2.34. The lowest BCUT2D eigenvalue weighted by Gasteiger charge is -2.19. The third-order valence-electron chi connectivity index (χ3n) is 3.46. The number of hydrogen-bond donors (Lipinski definition) is 3. The van der Waals surface area contributed by atoms with Crippen LogP contribution in [-0.2, 0) is 9.47 Å². The highest BCUT2D eigenvalue weighted by atomic mass is 19.1. The van der Waals surface area contributed by atoms with Crippen molar-refractivity contribution in [1.29, 1.82) is 0 Å². The predicted octanol–water partition coefficient (Wildman–Crippen LogP) is -1.19. The molecule has 1 aliphatic heterocycles. The van der Waals surface area contributed by atoms with Crippen LogP contribution in [0.15, 0.2) is 6.33 Å². The average Bonchev–Trinajstić information content (AvgIpc) is 2.99. The number of ether oxygens (including phenoxy) is 2. The van der Waals surface area contributed by atoms with Crippen molar-refractivity contribution in [3.05, 3.63) is 12.4 Å². The Hall–Kier alpha value is -1.88. The van der Waals surface area contributed by atoms with Crippen LogP contribution in [0, 0.1) is 6.08 Å². The van der Waals surface area contributed by atoms with Crippen molar-refractivity contribution < 1.29 is 24.1 Å². The van der Waals surface area contributed by atoms with Gasteiger partial charge in [0, 0.05) is 7.11 Å². The number of nitrogens with two attached hydrogens (primary N) is 1. The molecule has 114 valence electrons. The molecular weight excluding hydrogens is 285 g/mol. The van der Waals surface area contributed by atoms with Crippen LogP contribution in [0.1, 0.15) is 6.23 Å². The first-order valence-corrected chi connectivity index (χ1v) is 6.19. The normalized spacial score (nSPS) is 29.3. The number of hydrogen-bond acceptors (Lipinski definition) is 8. The Labute approximate surface area is 118 Å². The minimum Gasteiger partial charge on any atom is -0.394 e. The summed E-state index contributed by atoms with van der Waals surface area (Å²) in [5, 5.41) is 19.2.